The average molecular weight is 292 g/mol. The van der Waals surface area contributed by atoms with Crippen LogP contribution in [0.2, 0.25) is 0 Å². The fraction of sp³-hybridized carbons (Fsp3) is 0.429. The summed E-state index contributed by atoms with van der Waals surface area (Å²) >= 11 is 1.56. The van der Waals surface area contributed by atoms with Crippen molar-refractivity contribution in [2.45, 2.75) is 13.8 Å². The number of nitrogens with one attached hydrogen (secondary N) is 1. The number of fused-ring (bicyclic) bond motifs is 1. The molecular formula is C14H20N4OS. The van der Waals surface area contributed by atoms with Crippen LogP contribution in [-0.4, -0.2) is 31.0 Å². The fourth-order valence-corrected chi connectivity index (χ4v) is 2.64. The van der Waals surface area contributed by atoms with E-state index in [9.17, 15) is 4.79 Å². The van der Waals surface area contributed by atoms with Gasteiger partial charge in [-0.3, -0.25) is 4.79 Å². The topological polar surface area (TPSA) is 71.2 Å². The molecule has 6 heteroatoms. The first-order valence-electron chi connectivity index (χ1n) is 6.58. The standard InChI is InChI=1S/C14H20N4OS/c1-9(2)6-16-12(19)7-18(3)10-4-5-11-14(13(10)15)17-8-20-11/h4-5,8-9H,6-7,15H2,1-3H3,(H,16,19). The second-order valence-electron chi connectivity index (χ2n) is 5.25. The van der Waals surface area contributed by atoms with Crippen molar-refractivity contribution >= 4 is 38.8 Å². The van der Waals surface area contributed by atoms with E-state index < -0.39 is 0 Å². The van der Waals surface area contributed by atoms with Crippen LogP contribution in [0.5, 0.6) is 0 Å². The van der Waals surface area contributed by atoms with Crippen molar-refractivity contribution in [3.8, 4) is 0 Å². The Morgan fingerprint density at radius 2 is 2.25 bits per heavy atom. The number of rotatable bonds is 5. The summed E-state index contributed by atoms with van der Waals surface area (Å²) in [5.74, 6) is 0.444. The number of aromatic nitrogens is 1. The van der Waals surface area contributed by atoms with Crippen LogP contribution in [0.3, 0.4) is 0 Å². The molecular weight excluding hydrogens is 272 g/mol. The van der Waals surface area contributed by atoms with Gasteiger partial charge in [-0.25, -0.2) is 4.98 Å². The molecule has 0 radical (unpaired) electrons. The summed E-state index contributed by atoms with van der Waals surface area (Å²) in [6.07, 6.45) is 0. The molecule has 1 heterocycles. The maximum atomic E-state index is 11.8. The van der Waals surface area contributed by atoms with Gasteiger partial charge in [-0.1, -0.05) is 13.8 Å². The van der Waals surface area contributed by atoms with E-state index in [1.165, 1.54) is 0 Å². The third-order valence-electron chi connectivity index (χ3n) is 3.02. The second kappa shape index (κ2) is 6.09. The Labute approximate surface area is 122 Å². The first kappa shape index (κ1) is 14.6. The summed E-state index contributed by atoms with van der Waals surface area (Å²) < 4.78 is 1.06. The molecule has 0 aliphatic heterocycles. The van der Waals surface area contributed by atoms with Gasteiger partial charge in [0.15, 0.2) is 0 Å². The van der Waals surface area contributed by atoms with E-state index in [0.29, 0.717) is 18.2 Å². The smallest absolute Gasteiger partial charge is 0.239 e. The molecule has 0 saturated heterocycles. The number of carbonyl (C=O) groups is 1. The van der Waals surface area contributed by atoms with Crippen molar-refractivity contribution < 1.29 is 4.79 Å². The highest BCUT2D eigenvalue weighted by atomic mass is 32.1. The molecule has 0 saturated carbocycles. The predicted octanol–water partition coefficient (Wildman–Crippen LogP) is 2.09. The molecule has 5 nitrogen and oxygen atoms in total. The highest BCUT2D eigenvalue weighted by Gasteiger charge is 2.13. The van der Waals surface area contributed by atoms with Crippen LogP contribution in [-0.2, 0) is 4.79 Å². The molecule has 0 aliphatic carbocycles. The van der Waals surface area contributed by atoms with Crippen molar-refractivity contribution in [3.63, 3.8) is 0 Å². The van der Waals surface area contributed by atoms with Crippen LogP contribution in [0.15, 0.2) is 17.6 Å². The Balaban J connectivity index is 2.09. The number of nitrogens with zero attached hydrogens (tertiary/aromatic N) is 2. The number of hydrogen-bond acceptors (Lipinski definition) is 5. The molecule has 1 amide bonds. The largest absolute Gasteiger partial charge is 0.395 e. The molecule has 0 spiro atoms. The summed E-state index contributed by atoms with van der Waals surface area (Å²) in [7, 11) is 1.86. The van der Waals surface area contributed by atoms with Crippen LogP contribution in [0.1, 0.15) is 13.8 Å². The van der Waals surface area contributed by atoms with Gasteiger partial charge in [0, 0.05) is 13.6 Å². The molecule has 1 aromatic carbocycles. The molecule has 0 atom stereocenters. The minimum atomic E-state index is -0.000949. The van der Waals surface area contributed by atoms with Gasteiger partial charge in [-0.2, -0.15) is 0 Å². The SMILES string of the molecule is CC(C)CNC(=O)CN(C)c1ccc2scnc2c1N. The van der Waals surface area contributed by atoms with Crippen molar-refractivity contribution in [1.29, 1.82) is 0 Å². The molecule has 2 rings (SSSR count). The fourth-order valence-electron chi connectivity index (χ4n) is 1.95. The Kier molecular flexibility index (Phi) is 4.44. The Morgan fingerprint density at radius 3 is 2.95 bits per heavy atom. The lowest BCUT2D eigenvalue weighted by atomic mass is 10.2. The highest BCUT2D eigenvalue weighted by Crippen LogP contribution is 2.31. The molecule has 0 fully saturated rings. The van der Waals surface area contributed by atoms with E-state index in [-0.39, 0.29) is 12.5 Å². The minimum absolute atomic E-state index is 0.000949. The number of nitrogen functional groups attached to an aromatic ring is 1. The predicted molar refractivity (Wildman–Crippen MR) is 85.2 cm³/mol. The molecule has 0 unspecified atom stereocenters. The first-order valence-corrected chi connectivity index (χ1v) is 7.46. The van der Waals surface area contributed by atoms with Crippen LogP contribution in [0.4, 0.5) is 11.4 Å². The molecule has 0 bridgehead atoms. The zero-order chi connectivity index (χ0) is 14.7. The third-order valence-corrected chi connectivity index (χ3v) is 3.81. The number of carbonyl (C=O) groups excluding carboxylic acids is 1. The number of hydrogen-bond donors (Lipinski definition) is 2. The number of benzene rings is 1. The number of nitrogens with two attached hydrogens (primary N) is 1. The van der Waals surface area contributed by atoms with Crippen LogP contribution in [0.25, 0.3) is 10.2 Å². The van der Waals surface area contributed by atoms with Crippen molar-refractivity contribution in [1.82, 2.24) is 10.3 Å². The van der Waals surface area contributed by atoms with Gasteiger partial charge in [-0.15, -0.1) is 11.3 Å². The first-order chi connectivity index (χ1) is 9.49. The van der Waals surface area contributed by atoms with Gasteiger partial charge in [-0.05, 0) is 18.1 Å². The Bertz CT molecular complexity index is 608. The van der Waals surface area contributed by atoms with E-state index in [1.54, 1.807) is 16.8 Å². The zero-order valence-corrected chi connectivity index (χ0v) is 12.8. The van der Waals surface area contributed by atoms with E-state index in [1.807, 2.05) is 24.1 Å². The van der Waals surface area contributed by atoms with Gasteiger partial charge in [0.1, 0.15) is 5.52 Å². The summed E-state index contributed by atoms with van der Waals surface area (Å²) in [6, 6.07) is 3.92. The monoisotopic (exact) mass is 292 g/mol. The minimum Gasteiger partial charge on any atom is -0.395 e. The van der Waals surface area contributed by atoms with Gasteiger partial charge < -0.3 is 16.0 Å². The number of thiazole rings is 1. The molecule has 108 valence electrons. The van der Waals surface area contributed by atoms with E-state index in [4.69, 9.17) is 5.73 Å². The molecule has 2 aromatic rings. The number of likely N-dealkylation sites (N-methyl/N-ethyl adjacent to an activating group) is 1. The number of amides is 1. The van der Waals surface area contributed by atoms with Crippen molar-refractivity contribution in [2.24, 2.45) is 5.92 Å². The lowest BCUT2D eigenvalue weighted by molar-refractivity contribution is -0.119. The lowest BCUT2D eigenvalue weighted by Gasteiger charge is -2.21. The quantitative estimate of drug-likeness (QED) is 0.828. The van der Waals surface area contributed by atoms with Gasteiger partial charge in [0.25, 0.3) is 0 Å². The van der Waals surface area contributed by atoms with Gasteiger partial charge >= 0.3 is 0 Å². The normalized spacial score (nSPS) is 11.0. The number of anilines is 2. The Hall–Kier alpha value is -1.82. The van der Waals surface area contributed by atoms with Crippen LogP contribution >= 0.6 is 11.3 Å². The summed E-state index contributed by atoms with van der Waals surface area (Å²) in [5.41, 5.74) is 10.2. The van der Waals surface area contributed by atoms with Gasteiger partial charge in [0.05, 0.1) is 28.1 Å². The van der Waals surface area contributed by atoms with Crippen molar-refractivity contribution in [3.05, 3.63) is 17.6 Å². The zero-order valence-electron chi connectivity index (χ0n) is 12.0. The van der Waals surface area contributed by atoms with E-state index >= 15 is 0 Å². The van der Waals surface area contributed by atoms with Crippen LogP contribution in [0, 0.1) is 5.92 Å². The Morgan fingerprint density at radius 1 is 1.50 bits per heavy atom. The molecule has 3 N–H and O–H groups in total. The maximum Gasteiger partial charge on any atom is 0.239 e. The molecule has 0 aliphatic rings. The molecule has 20 heavy (non-hydrogen) atoms. The van der Waals surface area contributed by atoms with E-state index in [0.717, 1.165) is 15.9 Å². The van der Waals surface area contributed by atoms with Crippen molar-refractivity contribution in [2.75, 3.05) is 30.8 Å². The summed E-state index contributed by atoms with van der Waals surface area (Å²) in [6.45, 7) is 5.11. The summed E-state index contributed by atoms with van der Waals surface area (Å²) in [5, 5.41) is 2.90. The third kappa shape index (κ3) is 3.19. The second-order valence-corrected chi connectivity index (χ2v) is 6.14. The summed E-state index contributed by atoms with van der Waals surface area (Å²) in [4.78, 5) is 18.0. The maximum absolute atomic E-state index is 11.8. The lowest BCUT2D eigenvalue weighted by Crippen LogP contribution is -2.37. The molecule has 1 aromatic heterocycles. The van der Waals surface area contributed by atoms with E-state index in [2.05, 4.69) is 24.1 Å². The highest BCUT2D eigenvalue weighted by molar-refractivity contribution is 7.16. The average Bonchev–Trinajstić information content (AvgIpc) is 2.85. The van der Waals surface area contributed by atoms with Gasteiger partial charge in [0.2, 0.25) is 5.91 Å². The van der Waals surface area contributed by atoms with Crippen LogP contribution < -0.4 is 16.0 Å².